The van der Waals surface area contributed by atoms with Crippen molar-refractivity contribution in [1.82, 2.24) is 4.98 Å². The SMILES string of the molecule is CC(C)(CO)Nc1ccc(NC(=O)c2cccs2)cn1. The molecule has 20 heavy (non-hydrogen) atoms. The van der Waals surface area contributed by atoms with Gasteiger partial charge >= 0.3 is 0 Å². The lowest BCUT2D eigenvalue weighted by atomic mass is 10.1. The normalized spacial score (nSPS) is 11.2. The Hall–Kier alpha value is -1.92. The molecule has 3 N–H and O–H groups in total. The molecular formula is C14H17N3O2S. The lowest BCUT2D eigenvalue weighted by Crippen LogP contribution is -2.35. The van der Waals surface area contributed by atoms with Crippen molar-refractivity contribution in [3.63, 3.8) is 0 Å². The fourth-order valence-corrected chi connectivity index (χ4v) is 2.15. The minimum Gasteiger partial charge on any atom is -0.394 e. The van der Waals surface area contributed by atoms with Crippen LogP contribution in [0.5, 0.6) is 0 Å². The summed E-state index contributed by atoms with van der Waals surface area (Å²) in [5.41, 5.74) is 0.199. The Labute approximate surface area is 121 Å². The molecule has 2 aromatic heterocycles. The third-order valence-electron chi connectivity index (χ3n) is 2.63. The molecule has 1 amide bonds. The maximum absolute atomic E-state index is 11.9. The number of nitrogens with one attached hydrogen (secondary N) is 2. The summed E-state index contributed by atoms with van der Waals surface area (Å²) in [6.45, 7) is 3.76. The second-order valence-corrected chi connectivity index (χ2v) is 5.98. The molecular weight excluding hydrogens is 274 g/mol. The standard InChI is InChI=1S/C14H17N3O2S/c1-14(2,9-18)17-12-6-5-10(8-15-12)16-13(19)11-4-3-7-20-11/h3-8,18H,9H2,1-2H3,(H,15,17)(H,16,19). The average molecular weight is 291 g/mol. The second kappa shape index (κ2) is 6.02. The first kappa shape index (κ1) is 14.5. The van der Waals surface area contributed by atoms with Crippen LogP contribution >= 0.6 is 11.3 Å². The van der Waals surface area contributed by atoms with Gasteiger partial charge in [-0.15, -0.1) is 11.3 Å². The third-order valence-corrected chi connectivity index (χ3v) is 3.50. The van der Waals surface area contributed by atoms with Gasteiger partial charge in [-0.3, -0.25) is 4.79 Å². The summed E-state index contributed by atoms with van der Waals surface area (Å²) in [4.78, 5) is 16.7. The number of hydrogen-bond donors (Lipinski definition) is 3. The van der Waals surface area contributed by atoms with Crippen LogP contribution in [0.3, 0.4) is 0 Å². The van der Waals surface area contributed by atoms with Crippen LogP contribution in [0, 0.1) is 0 Å². The molecule has 0 saturated heterocycles. The van der Waals surface area contributed by atoms with E-state index < -0.39 is 5.54 Å². The Morgan fingerprint density at radius 3 is 2.75 bits per heavy atom. The summed E-state index contributed by atoms with van der Waals surface area (Å²) in [7, 11) is 0. The minimum atomic E-state index is -0.436. The molecule has 0 spiro atoms. The molecule has 0 bridgehead atoms. The number of amides is 1. The van der Waals surface area contributed by atoms with Crippen molar-refractivity contribution < 1.29 is 9.90 Å². The predicted molar refractivity (Wildman–Crippen MR) is 81.3 cm³/mol. The Balaban J connectivity index is 2.00. The minimum absolute atomic E-state index is 0.00550. The predicted octanol–water partition coefficient (Wildman–Crippen LogP) is 2.58. The van der Waals surface area contributed by atoms with Crippen molar-refractivity contribution in [2.75, 3.05) is 17.2 Å². The summed E-state index contributed by atoms with van der Waals surface area (Å²) in [6.07, 6.45) is 1.58. The highest BCUT2D eigenvalue weighted by molar-refractivity contribution is 7.12. The van der Waals surface area contributed by atoms with E-state index in [2.05, 4.69) is 15.6 Å². The van der Waals surface area contributed by atoms with Crippen LogP contribution in [-0.2, 0) is 0 Å². The van der Waals surface area contributed by atoms with Crippen LogP contribution in [-0.4, -0.2) is 28.1 Å². The van der Waals surface area contributed by atoms with Gasteiger partial charge in [0.25, 0.3) is 5.91 Å². The fourth-order valence-electron chi connectivity index (χ4n) is 1.53. The molecule has 6 heteroatoms. The topological polar surface area (TPSA) is 74.2 Å². The number of aliphatic hydroxyl groups is 1. The van der Waals surface area contributed by atoms with Crippen molar-refractivity contribution >= 4 is 28.7 Å². The molecule has 0 aliphatic carbocycles. The van der Waals surface area contributed by atoms with Crippen LogP contribution in [0.25, 0.3) is 0 Å². The van der Waals surface area contributed by atoms with E-state index in [0.717, 1.165) is 0 Å². The molecule has 2 heterocycles. The van der Waals surface area contributed by atoms with E-state index >= 15 is 0 Å². The molecule has 0 fully saturated rings. The summed E-state index contributed by atoms with van der Waals surface area (Å²) < 4.78 is 0. The van der Waals surface area contributed by atoms with Crippen LogP contribution < -0.4 is 10.6 Å². The fraction of sp³-hybridized carbons (Fsp3) is 0.286. The highest BCUT2D eigenvalue weighted by Crippen LogP contribution is 2.16. The number of hydrogen-bond acceptors (Lipinski definition) is 5. The van der Waals surface area contributed by atoms with Crippen LogP contribution in [0.1, 0.15) is 23.5 Å². The number of carbonyl (C=O) groups excluding carboxylic acids is 1. The lowest BCUT2D eigenvalue weighted by molar-refractivity contribution is 0.103. The lowest BCUT2D eigenvalue weighted by Gasteiger charge is -2.24. The van der Waals surface area contributed by atoms with Crippen molar-refractivity contribution in [1.29, 1.82) is 0 Å². The van der Waals surface area contributed by atoms with Gasteiger partial charge in [0.05, 0.1) is 28.9 Å². The van der Waals surface area contributed by atoms with E-state index in [1.54, 1.807) is 24.4 Å². The maximum atomic E-state index is 11.9. The summed E-state index contributed by atoms with van der Waals surface area (Å²) in [5, 5.41) is 16.9. The third kappa shape index (κ3) is 3.79. The van der Waals surface area contributed by atoms with E-state index in [0.29, 0.717) is 16.4 Å². The Morgan fingerprint density at radius 1 is 1.40 bits per heavy atom. The van der Waals surface area contributed by atoms with E-state index in [9.17, 15) is 9.90 Å². The van der Waals surface area contributed by atoms with Gasteiger partial charge in [-0.25, -0.2) is 4.98 Å². The van der Waals surface area contributed by atoms with Gasteiger partial charge in [-0.1, -0.05) is 6.07 Å². The molecule has 0 saturated carbocycles. The van der Waals surface area contributed by atoms with Crippen molar-refractivity contribution in [2.45, 2.75) is 19.4 Å². The number of anilines is 2. The van der Waals surface area contributed by atoms with E-state index in [1.165, 1.54) is 11.3 Å². The first-order valence-electron chi connectivity index (χ1n) is 6.20. The molecule has 5 nitrogen and oxygen atoms in total. The number of nitrogens with zero attached hydrogens (tertiary/aromatic N) is 1. The van der Waals surface area contributed by atoms with Crippen molar-refractivity contribution in [2.24, 2.45) is 0 Å². The van der Waals surface area contributed by atoms with Crippen LogP contribution in [0.4, 0.5) is 11.5 Å². The van der Waals surface area contributed by atoms with Gasteiger partial charge in [-0.2, -0.15) is 0 Å². The second-order valence-electron chi connectivity index (χ2n) is 5.03. The smallest absolute Gasteiger partial charge is 0.265 e. The highest BCUT2D eigenvalue weighted by atomic mass is 32.1. The summed E-state index contributed by atoms with van der Waals surface area (Å²) in [6, 6.07) is 7.14. The monoisotopic (exact) mass is 291 g/mol. The summed E-state index contributed by atoms with van der Waals surface area (Å²) in [5.74, 6) is 0.511. The molecule has 0 aliphatic rings. The van der Waals surface area contributed by atoms with Crippen LogP contribution in [0.2, 0.25) is 0 Å². The summed E-state index contributed by atoms with van der Waals surface area (Å²) >= 11 is 1.39. The molecule has 106 valence electrons. The molecule has 0 unspecified atom stereocenters. The van der Waals surface area contributed by atoms with Gasteiger partial charge in [0.2, 0.25) is 0 Å². The Morgan fingerprint density at radius 2 is 2.20 bits per heavy atom. The number of thiophene rings is 1. The molecule has 0 atom stereocenters. The first-order chi connectivity index (χ1) is 9.50. The molecule has 2 rings (SSSR count). The average Bonchev–Trinajstić information content (AvgIpc) is 2.95. The molecule has 0 aliphatic heterocycles. The zero-order valence-corrected chi connectivity index (χ0v) is 12.2. The number of carbonyl (C=O) groups is 1. The number of aliphatic hydroxyl groups excluding tert-OH is 1. The van der Waals surface area contributed by atoms with Gasteiger partial charge in [0.1, 0.15) is 5.82 Å². The maximum Gasteiger partial charge on any atom is 0.265 e. The Kier molecular flexibility index (Phi) is 4.36. The van der Waals surface area contributed by atoms with E-state index in [1.807, 2.05) is 25.3 Å². The van der Waals surface area contributed by atoms with E-state index in [-0.39, 0.29) is 12.5 Å². The first-order valence-corrected chi connectivity index (χ1v) is 7.08. The highest BCUT2D eigenvalue weighted by Gasteiger charge is 2.16. The van der Waals surface area contributed by atoms with Crippen molar-refractivity contribution in [3.05, 3.63) is 40.7 Å². The van der Waals surface area contributed by atoms with Gasteiger partial charge in [-0.05, 0) is 37.4 Å². The molecule has 2 aromatic rings. The van der Waals surface area contributed by atoms with Crippen LogP contribution in [0.15, 0.2) is 35.8 Å². The van der Waals surface area contributed by atoms with Gasteiger partial charge < -0.3 is 15.7 Å². The zero-order valence-electron chi connectivity index (χ0n) is 11.4. The van der Waals surface area contributed by atoms with Gasteiger partial charge in [0, 0.05) is 0 Å². The largest absolute Gasteiger partial charge is 0.394 e. The number of rotatable bonds is 5. The van der Waals surface area contributed by atoms with Crippen molar-refractivity contribution in [3.8, 4) is 0 Å². The quantitative estimate of drug-likeness (QED) is 0.791. The van der Waals surface area contributed by atoms with E-state index in [4.69, 9.17) is 0 Å². The van der Waals surface area contributed by atoms with Gasteiger partial charge in [0.15, 0.2) is 0 Å². The molecule has 0 radical (unpaired) electrons. The number of pyridine rings is 1. The number of aromatic nitrogens is 1. The molecule has 0 aromatic carbocycles. The zero-order chi connectivity index (χ0) is 14.6. The Bertz CT molecular complexity index is 565.